The minimum absolute atomic E-state index is 0.465. The van der Waals surface area contributed by atoms with Gasteiger partial charge in [-0.25, -0.2) is 4.52 Å². The molecule has 2 N–H and O–H groups in total. The Morgan fingerprint density at radius 2 is 2.20 bits per heavy atom. The maximum absolute atomic E-state index is 5.93. The Balaban J connectivity index is 1.89. The van der Waals surface area contributed by atoms with Gasteiger partial charge >= 0.3 is 0 Å². The summed E-state index contributed by atoms with van der Waals surface area (Å²) in [6.07, 6.45) is 6.95. The largest absolute Gasteiger partial charge is 0.339 e. The Labute approximate surface area is 119 Å². The van der Waals surface area contributed by atoms with E-state index < -0.39 is 0 Å². The molecule has 2 aromatic rings. The fourth-order valence-corrected chi connectivity index (χ4v) is 3.24. The second-order valence-corrected chi connectivity index (χ2v) is 5.88. The molecule has 0 radical (unpaired) electrons. The van der Waals surface area contributed by atoms with Crippen LogP contribution in [0.1, 0.15) is 31.2 Å². The van der Waals surface area contributed by atoms with Crippen LogP contribution in [0.15, 0.2) is 18.3 Å². The number of nitrogens with zero attached hydrogens (tertiary/aromatic N) is 4. The number of fused-ring (bicyclic) bond motifs is 1. The first-order valence-electron chi connectivity index (χ1n) is 7.45. The first-order valence-corrected chi connectivity index (χ1v) is 7.45. The summed E-state index contributed by atoms with van der Waals surface area (Å²) >= 11 is 0. The zero-order valence-corrected chi connectivity index (χ0v) is 12.3. The molecule has 0 bridgehead atoms. The molecule has 2 atom stereocenters. The second-order valence-electron chi connectivity index (χ2n) is 5.88. The van der Waals surface area contributed by atoms with E-state index >= 15 is 0 Å². The third-order valence-corrected chi connectivity index (χ3v) is 4.47. The van der Waals surface area contributed by atoms with Crippen molar-refractivity contribution < 1.29 is 0 Å². The van der Waals surface area contributed by atoms with Crippen LogP contribution in [0.2, 0.25) is 0 Å². The van der Waals surface area contributed by atoms with Gasteiger partial charge in [-0.3, -0.25) is 0 Å². The van der Waals surface area contributed by atoms with Crippen LogP contribution >= 0.6 is 0 Å². The van der Waals surface area contributed by atoms with Gasteiger partial charge in [0.25, 0.3) is 0 Å². The molecule has 1 fully saturated rings. The highest BCUT2D eigenvalue weighted by Gasteiger charge is 2.29. The molecule has 1 aliphatic carbocycles. The Morgan fingerprint density at radius 3 is 3.00 bits per heavy atom. The Bertz CT molecular complexity index is 591. The highest BCUT2D eigenvalue weighted by molar-refractivity contribution is 5.46. The van der Waals surface area contributed by atoms with Crippen molar-refractivity contribution in [3.63, 3.8) is 0 Å². The van der Waals surface area contributed by atoms with Crippen LogP contribution < -0.4 is 10.6 Å². The number of pyridine rings is 1. The van der Waals surface area contributed by atoms with E-state index in [2.05, 4.69) is 41.1 Å². The van der Waals surface area contributed by atoms with Crippen LogP contribution in [0.4, 0.5) is 5.95 Å². The Kier molecular flexibility index (Phi) is 3.61. The molecule has 5 nitrogen and oxygen atoms in total. The van der Waals surface area contributed by atoms with Gasteiger partial charge in [-0.15, -0.1) is 5.10 Å². The quantitative estimate of drug-likeness (QED) is 0.929. The standard InChI is InChI=1S/C15H23N5/c1-11-7-8-20-14(9-11)17-15(18-20)19(2)13-6-4-3-5-12(13)10-16/h7-9,12-13H,3-6,10,16H2,1-2H3. The van der Waals surface area contributed by atoms with Crippen molar-refractivity contribution >= 4 is 11.6 Å². The molecule has 2 heterocycles. The molecule has 1 aliphatic rings. The first-order chi connectivity index (χ1) is 9.69. The minimum atomic E-state index is 0.465. The molecule has 2 unspecified atom stereocenters. The number of anilines is 1. The molecule has 0 aromatic carbocycles. The second kappa shape index (κ2) is 5.40. The van der Waals surface area contributed by atoms with Crippen molar-refractivity contribution in [2.24, 2.45) is 11.7 Å². The third kappa shape index (κ3) is 2.38. The van der Waals surface area contributed by atoms with Gasteiger partial charge < -0.3 is 10.6 Å². The van der Waals surface area contributed by atoms with Crippen molar-refractivity contribution in [1.82, 2.24) is 14.6 Å². The molecule has 3 rings (SSSR count). The molecule has 0 saturated heterocycles. The summed E-state index contributed by atoms with van der Waals surface area (Å²) in [5.74, 6) is 1.36. The van der Waals surface area contributed by atoms with E-state index in [0.717, 1.165) is 18.1 Å². The van der Waals surface area contributed by atoms with E-state index in [1.54, 1.807) is 0 Å². The van der Waals surface area contributed by atoms with Crippen LogP contribution in [0.3, 0.4) is 0 Å². The molecule has 108 valence electrons. The number of hydrogen-bond donors (Lipinski definition) is 1. The van der Waals surface area contributed by atoms with Crippen LogP contribution in [-0.4, -0.2) is 34.2 Å². The van der Waals surface area contributed by atoms with E-state index in [-0.39, 0.29) is 0 Å². The topological polar surface area (TPSA) is 59.5 Å². The van der Waals surface area contributed by atoms with Crippen LogP contribution in [-0.2, 0) is 0 Å². The number of rotatable bonds is 3. The summed E-state index contributed by atoms with van der Waals surface area (Å²) in [6, 6.07) is 4.58. The van der Waals surface area contributed by atoms with Crippen LogP contribution in [0, 0.1) is 12.8 Å². The van der Waals surface area contributed by atoms with Gasteiger partial charge in [-0.1, -0.05) is 12.8 Å². The van der Waals surface area contributed by atoms with Crippen LogP contribution in [0.25, 0.3) is 5.65 Å². The zero-order chi connectivity index (χ0) is 14.1. The Morgan fingerprint density at radius 1 is 1.40 bits per heavy atom. The zero-order valence-electron chi connectivity index (χ0n) is 12.3. The van der Waals surface area contributed by atoms with Crippen molar-refractivity contribution in [2.75, 3.05) is 18.5 Å². The maximum atomic E-state index is 5.93. The maximum Gasteiger partial charge on any atom is 0.245 e. The molecule has 1 saturated carbocycles. The molecular weight excluding hydrogens is 250 g/mol. The number of aromatic nitrogens is 3. The average Bonchev–Trinajstić information content (AvgIpc) is 2.89. The SMILES string of the molecule is Cc1ccn2nc(N(C)C3CCCCC3CN)nc2c1. The number of aryl methyl sites for hydroxylation is 1. The first kappa shape index (κ1) is 13.4. The number of hydrogen-bond acceptors (Lipinski definition) is 4. The molecule has 20 heavy (non-hydrogen) atoms. The fourth-order valence-electron chi connectivity index (χ4n) is 3.24. The lowest BCUT2D eigenvalue weighted by Crippen LogP contribution is -2.43. The summed E-state index contributed by atoms with van der Waals surface area (Å²) in [4.78, 5) is 6.88. The summed E-state index contributed by atoms with van der Waals surface area (Å²) in [5, 5.41) is 4.59. The fraction of sp³-hybridized carbons (Fsp3) is 0.600. The smallest absolute Gasteiger partial charge is 0.245 e. The Hall–Kier alpha value is -1.62. The molecule has 0 spiro atoms. The van der Waals surface area contributed by atoms with Crippen molar-refractivity contribution in [1.29, 1.82) is 0 Å². The van der Waals surface area contributed by atoms with Gasteiger partial charge in [0.1, 0.15) is 0 Å². The van der Waals surface area contributed by atoms with Gasteiger partial charge in [0.2, 0.25) is 5.95 Å². The van der Waals surface area contributed by atoms with Gasteiger partial charge in [0, 0.05) is 19.3 Å². The summed E-state index contributed by atoms with van der Waals surface area (Å²) in [7, 11) is 2.10. The van der Waals surface area contributed by atoms with Crippen LogP contribution in [0.5, 0.6) is 0 Å². The normalized spacial score (nSPS) is 23.1. The molecule has 0 aliphatic heterocycles. The van der Waals surface area contributed by atoms with E-state index in [1.807, 2.05) is 10.7 Å². The third-order valence-electron chi connectivity index (χ3n) is 4.47. The molecule has 0 amide bonds. The van der Waals surface area contributed by atoms with Gasteiger partial charge in [-0.05, 0) is 49.9 Å². The predicted octanol–water partition coefficient (Wildman–Crippen LogP) is 1.99. The molecular formula is C15H23N5. The lowest BCUT2D eigenvalue weighted by atomic mass is 9.84. The van der Waals surface area contributed by atoms with Gasteiger partial charge in [-0.2, -0.15) is 4.98 Å². The number of nitrogens with two attached hydrogens (primary N) is 1. The van der Waals surface area contributed by atoms with Crippen molar-refractivity contribution in [3.8, 4) is 0 Å². The molecule has 5 heteroatoms. The van der Waals surface area contributed by atoms with E-state index in [0.29, 0.717) is 12.0 Å². The van der Waals surface area contributed by atoms with Gasteiger partial charge in [0.15, 0.2) is 5.65 Å². The summed E-state index contributed by atoms with van der Waals surface area (Å²) < 4.78 is 1.85. The lowest BCUT2D eigenvalue weighted by Gasteiger charge is -2.36. The van der Waals surface area contributed by atoms with Crippen molar-refractivity contribution in [3.05, 3.63) is 23.9 Å². The monoisotopic (exact) mass is 273 g/mol. The summed E-state index contributed by atoms with van der Waals surface area (Å²) in [6.45, 7) is 2.82. The van der Waals surface area contributed by atoms with E-state index in [1.165, 1.54) is 31.2 Å². The minimum Gasteiger partial charge on any atom is -0.339 e. The van der Waals surface area contributed by atoms with Gasteiger partial charge in [0.05, 0.1) is 0 Å². The predicted molar refractivity (Wildman–Crippen MR) is 80.9 cm³/mol. The highest BCUT2D eigenvalue weighted by atomic mass is 15.4. The molecule has 2 aromatic heterocycles. The lowest BCUT2D eigenvalue weighted by molar-refractivity contribution is 0.304. The van der Waals surface area contributed by atoms with E-state index in [9.17, 15) is 0 Å². The average molecular weight is 273 g/mol. The van der Waals surface area contributed by atoms with Crippen molar-refractivity contribution in [2.45, 2.75) is 38.6 Å². The van der Waals surface area contributed by atoms with E-state index in [4.69, 9.17) is 5.73 Å². The summed E-state index contributed by atoms with van der Waals surface area (Å²) in [5.41, 5.74) is 8.05. The highest BCUT2D eigenvalue weighted by Crippen LogP contribution is 2.29.